The molecule has 4 aromatic rings. The number of fused-ring (bicyclic) bond motifs is 1. The van der Waals surface area contributed by atoms with Gasteiger partial charge in [-0.15, -0.1) is 5.10 Å². The van der Waals surface area contributed by atoms with Crippen LogP contribution in [0.25, 0.3) is 11.5 Å². The zero-order chi connectivity index (χ0) is 19.5. The fraction of sp³-hybridized carbons (Fsp3) is 0.188. The van der Waals surface area contributed by atoms with Crippen LogP contribution in [-0.4, -0.2) is 52.4 Å². The first-order valence-corrected chi connectivity index (χ1v) is 9.26. The van der Waals surface area contributed by atoms with Crippen molar-refractivity contribution in [2.24, 2.45) is 0 Å². The molecule has 0 fully saturated rings. The monoisotopic (exact) mass is 398 g/mol. The summed E-state index contributed by atoms with van der Waals surface area (Å²) in [6, 6.07) is 10.8. The second-order valence-electron chi connectivity index (χ2n) is 5.51. The number of carbonyl (C=O) groups is 1. The van der Waals surface area contributed by atoms with Crippen LogP contribution in [0.4, 0.5) is 0 Å². The predicted octanol–water partition coefficient (Wildman–Crippen LogP) is 0.862. The number of carbonyl (C=O) groups excluding carboxylic acids is 1. The molecular formula is C16H14N8O3S. The molecule has 12 heteroatoms. The van der Waals surface area contributed by atoms with Gasteiger partial charge in [-0.3, -0.25) is 9.89 Å². The number of tetrazole rings is 1. The molecule has 0 saturated carbocycles. The van der Waals surface area contributed by atoms with Crippen molar-refractivity contribution in [3.05, 3.63) is 58.3 Å². The van der Waals surface area contributed by atoms with Crippen LogP contribution in [0.1, 0.15) is 23.2 Å². The zero-order valence-electron chi connectivity index (χ0n) is 14.6. The van der Waals surface area contributed by atoms with Gasteiger partial charge in [0.05, 0.1) is 18.0 Å². The lowest BCUT2D eigenvalue weighted by molar-refractivity contribution is 0.0512. The number of rotatable bonds is 6. The molecule has 0 aliphatic carbocycles. The van der Waals surface area contributed by atoms with Crippen molar-refractivity contribution in [3.63, 3.8) is 0 Å². The van der Waals surface area contributed by atoms with Crippen LogP contribution in [0.3, 0.4) is 0 Å². The third-order valence-electron chi connectivity index (χ3n) is 3.64. The summed E-state index contributed by atoms with van der Waals surface area (Å²) in [5.41, 5.74) is 0.927. The standard InChI is InChI=1S/C16H14N8O3S/c1-2-27-14(26)13-18-15-17-10(8-12(25)24(15)20-13)9-28-16-19-21-22-23(16)11-6-4-3-5-7-11/h3-8H,2,9H2,1H3,(H,17,18,20). The summed E-state index contributed by atoms with van der Waals surface area (Å²) in [6.07, 6.45) is 0. The molecule has 3 heterocycles. The summed E-state index contributed by atoms with van der Waals surface area (Å²) in [5, 5.41) is 14.8. The molecule has 3 aromatic heterocycles. The Morgan fingerprint density at radius 2 is 2.07 bits per heavy atom. The zero-order valence-corrected chi connectivity index (χ0v) is 15.5. The van der Waals surface area contributed by atoms with Crippen molar-refractivity contribution in [2.75, 3.05) is 6.61 Å². The van der Waals surface area contributed by atoms with E-state index in [0.717, 1.165) is 10.2 Å². The van der Waals surface area contributed by atoms with Crippen molar-refractivity contribution in [3.8, 4) is 5.69 Å². The summed E-state index contributed by atoms with van der Waals surface area (Å²) in [6.45, 7) is 1.89. The molecule has 142 valence electrons. The molecule has 11 nitrogen and oxygen atoms in total. The average Bonchev–Trinajstić information content (AvgIpc) is 3.34. The SMILES string of the molecule is CCOC(=O)c1nc2nc(CSc3nnnn3-c3ccccc3)cc(=O)n2[nH]1. The molecule has 0 amide bonds. The topological polar surface area (TPSA) is 133 Å². The number of ether oxygens (including phenoxy) is 1. The van der Waals surface area contributed by atoms with E-state index in [1.54, 1.807) is 11.6 Å². The second kappa shape index (κ2) is 7.60. The van der Waals surface area contributed by atoms with Gasteiger partial charge < -0.3 is 4.74 Å². The third kappa shape index (κ3) is 3.49. The Labute approximate surface area is 161 Å². The van der Waals surface area contributed by atoms with Crippen molar-refractivity contribution < 1.29 is 9.53 Å². The molecule has 0 aliphatic heterocycles. The first-order valence-electron chi connectivity index (χ1n) is 8.28. The Balaban J connectivity index is 1.57. The lowest BCUT2D eigenvalue weighted by atomic mass is 10.3. The highest BCUT2D eigenvalue weighted by atomic mass is 32.2. The molecule has 0 atom stereocenters. The van der Waals surface area contributed by atoms with Crippen LogP contribution in [0, 0.1) is 0 Å². The number of aromatic amines is 1. The number of H-pyrrole nitrogens is 1. The molecule has 0 spiro atoms. The maximum atomic E-state index is 12.3. The van der Waals surface area contributed by atoms with Gasteiger partial charge in [0.2, 0.25) is 11.0 Å². The van der Waals surface area contributed by atoms with Gasteiger partial charge in [0.1, 0.15) is 0 Å². The third-order valence-corrected chi connectivity index (χ3v) is 4.60. The van der Waals surface area contributed by atoms with Gasteiger partial charge in [0.25, 0.3) is 11.3 Å². The summed E-state index contributed by atoms with van der Waals surface area (Å²) in [4.78, 5) is 32.4. The van der Waals surface area contributed by atoms with Gasteiger partial charge in [-0.25, -0.2) is 9.78 Å². The van der Waals surface area contributed by atoms with E-state index in [1.807, 2.05) is 30.3 Å². The van der Waals surface area contributed by atoms with Crippen molar-refractivity contribution in [1.29, 1.82) is 0 Å². The van der Waals surface area contributed by atoms with E-state index < -0.39 is 5.97 Å². The maximum absolute atomic E-state index is 12.3. The second-order valence-corrected chi connectivity index (χ2v) is 6.45. The fourth-order valence-electron chi connectivity index (χ4n) is 2.43. The summed E-state index contributed by atoms with van der Waals surface area (Å²) in [7, 11) is 0. The van der Waals surface area contributed by atoms with E-state index in [-0.39, 0.29) is 23.8 Å². The highest BCUT2D eigenvalue weighted by Crippen LogP contribution is 2.21. The minimum Gasteiger partial charge on any atom is -0.460 e. The minimum absolute atomic E-state index is 0.0794. The molecule has 1 N–H and O–H groups in total. The molecule has 0 bridgehead atoms. The van der Waals surface area contributed by atoms with Gasteiger partial charge in [-0.2, -0.15) is 14.2 Å². The molecule has 28 heavy (non-hydrogen) atoms. The van der Waals surface area contributed by atoms with Crippen LogP contribution in [0.5, 0.6) is 0 Å². The van der Waals surface area contributed by atoms with E-state index >= 15 is 0 Å². The van der Waals surface area contributed by atoms with E-state index in [9.17, 15) is 9.59 Å². The number of aromatic nitrogens is 8. The minimum atomic E-state index is -0.648. The smallest absolute Gasteiger partial charge is 0.375 e. The van der Waals surface area contributed by atoms with E-state index in [4.69, 9.17) is 4.74 Å². The van der Waals surface area contributed by atoms with E-state index in [1.165, 1.54) is 17.8 Å². The maximum Gasteiger partial charge on any atom is 0.375 e. The molecule has 0 radical (unpaired) electrons. The Hall–Kier alpha value is -3.54. The summed E-state index contributed by atoms with van der Waals surface area (Å²) in [5.74, 6) is -0.288. The number of para-hydroxylation sites is 1. The van der Waals surface area contributed by atoms with Gasteiger partial charge in [0.15, 0.2) is 0 Å². The summed E-state index contributed by atoms with van der Waals surface area (Å²) >= 11 is 1.33. The van der Waals surface area contributed by atoms with Crippen molar-refractivity contribution >= 4 is 23.5 Å². The molecule has 1 aromatic carbocycles. The Morgan fingerprint density at radius 1 is 1.25 bits per heavy atom. The number of nitrogens with zero attached hydrogens (tertiary/aromatic N) is 7. The lowest BCUT2D eigenvalue weighted by Crippen LogP contribution is -2.16. The quantitative estimate of drug-likeness (QED) is 0.371. The van der Waals surface area contributed by atoms with Crippen LogP contribution < -0.4 is 5.56 Å². The lowest BCUT2D eigenvalue weighted by Gasteiger charge is -2.03. The first kappa shape index (κ1) is 17.9. The number of nitrogens with one attached hydrogen (secondary N) is 1. The highest BCUT2D eigenvalue weighted by molar-refractivity contribution is 7.98. The summed E-state index contributed by atoms with van der Waals surface area (Å²) < 4.78 is 7.57. The average molecular weight is 398 g/mol. The van der Waals surface area contributed by atoms with Gasteiger partial charge >= 0.3 is 5.97 Å². The van der Waals surface area contributed by atoms with Crippen molar-refractivity contribution in [1.82, 2.24) is 39.8 Å². The molecular weight excluding hydrogens is 384 g/mol. The van der Waals surface area contributed by atoms with Crippen LogP contribution in [0.15, 0.2) is 46.3 Å². The Kier molecular flexibility index (Phi) is 4.85. The number of hydrogen-bond acceptors (Lipinski definition) is 9. The molecule has 4 rings (SSSR count). The van der Waals surface area contributed by atoms with E-state index in [0.29, 0.717) is 16.6 Å². The number of esters is 1. The Morgan fingerprint density at radius 3 is 2.86 bits per heavy atom. The highest BCUT2D eigenvalue weighted by Gasteiger charge is 2.16. The van der Waals surface area contributed by atoms with Crippen LogP contribution in [0.2, 0.25) is 0 Å². The van der Waals surface area contributed by atoms with E-state index in [2.05, 4.69) is 30.6 Å². The van der Waals surface area contributed by atoms with Crippen LogP contribution >= 0.6 is 11.8 Å². The first-order chi connectivity index (χ1) is 13.7. The predicted molar refractivity (Wildman–Crippen MR) is 98.3 cm³/mol. The normalized spacial score (nSPS) is 11.0. The fourth-order valence-corrected chi connectivity index (χ4v) is 3.21. The molecule has 0 saturated heterocycles. The number of benzene rings is 1. The molecule has 0 aliphatic rings. The van der Waals surface area contributed by atoms with Gasteiger partial charge in [-0.05, 0) is 29.5 Å². The van der Waals surface area contributed by atoms with Gasteiger partial charge in [-0.1, -0.05) is 30.0 Å². The number of thioether (sulfide) groups is 1. The number of hydrogen-bond donors (Lipinski definition) is 1. The van der Waals surface area contributed by atoms with Crippen LogP contribution in [-0.2, 0) is 10.5 Å². The molecule has 0 unspecified atom stereocenters. The largest absolute Gasteiger partial charge is 0.460 e. The Bertz CT molecular complexity index is 1180. The van der Waals surface area contributed by atoms with Crippen molar-refractivity contribution in [2.45, 2.75) is 17.8 Å². The van der Waals surface area contributed by atoms with Gasteiger partial charge in [0, 0.05) is 11.8 Å².